The molecule has 7 rings (SSSR count). The summed E-state index contributed by atoms with van der Waals surface area (Å²) in [7, 11) is 1.16. The largest absolute Gasteiger partial charge is 0.465 e. The van der Waals surface area contributed by atoms with Crippen molar-refractivity contribution < 1.29 is 28.4 Å². The van der Waals surface area contributed by atoms with Gasteiger partial charge in [-0.25, -0.2) is 9.18 Å². The minimum absolute atomic E-state index is 0. The SMILES string of the molecule is C.COC(=O)c1ccc(N2CC[C@H]3[C@@H](C2=O)[C@H](c2cccc(Cl)c2F)[C@]2(C(=O)Nc4cc(C#N)ccc42)N3CC2CC2)c([N+](=O)[O-])c1. The summed E-state index contributed by atoms with van der Waals surface area (Å²) in [6, 6.07) is 14.7. The second kappa shape index (κ2) is 11.7. The molecule has 4 aliphatic rings. The molecule has 242 valence electrons. The van der Waals surface area contributed by atoms with Crippen LogP contribution in [0.15, 0.2) is 54.6 Å². The maximum Gasteiger partial charge on any atom is 0.338 e. The average molecular weight is 660 g/mol. The van der Waals surface area contributed by atoms with Crippen LogP contribution < -0.4 is 10.2 Å². The van der Waals surface area contributed by atoms with E-state index in [1.165, 1.54) is 29.2 Å². The number of anilines is 2. The maximum atomic E-state index is 16.2. The monoisotopic (exact) mass is 659 g/mol. The zero-order valence-corrected chi connectivity index (χ0v) is 25.3. The van der Waals surface area contributed by atoms with Gasteiger partial charge in [0.15, 0.2) is 0 Å². The molecule has 2 saturated heterocycles. The number of ether oxygens (including phenoxy) is 1. The number of benzene rings is 3. The van der Waals surface area contributed by atoms with Crippen LogP contribution in [0.3, 0.4) is 0 Å². The van der Waals surface area contributed by atoms with Gasteiger partial charge in [0.2, 0.25) is 11.8 Å². The van der Waals surface area contributed by atoms with E-state index in [1.807, 2.05) is 4.90 Å². The Kier molecular flexibility index (Phi) is 8.02. The van der Waals surface area contributed by atoms with E-state index < -0.39 is 57.6 Å². The van der Waals surface area contributed by atoms with Crippen LogP contribution in [0.2, 0.25) is 5.02 Å². The highest BCUT2D eigenvalue weighted by molar-refractivity contribution is 6.30. The number of nitrogens with one attached hydrogen (secondary N) is 1. The molecule has 11 nitrogen and oxygen atoms in total. The Morgan fingerprint density at radius 1 is 1.19 bits per heavy atom. The fourth-order valence-electron chi connectivity index (χ4n) is 7.71. The number of rotatable bonds is 6. The van der Waals surface area contributed by atoms with Gasteiger partial charge in [0.25, 0.3) is 5.69 Å². The number of halogens is 2. The lowest BCUT2D eigenvalue weighted by molar-refractivity contribution is -0.384. The van der Waals surface area contributed by atoms with Crippen LogP contribution in [0.4, 0.5) is 21.5 Å². The first kappa shape index (κ1) is 32.1. The third-order valence-corrected chi connectivity index (χ3v) is 10.1. The number of nitriles is 1. The van der Waals surface area contributed by atoms with E-state index in [0.717, 1.165) is 26.0 Å². The number of carbonyl (C=O) groups is 3. The lowest BCUT2D eigenvalue weighted by atomic mass is 9.70. The molecule has 0 radical (unpaired) electrons. The van der Waals surface area contributed by atoms with Gasteiger partial charge in [-0.1, -0.05) is 37.2 Å². The summed E-state index contributed by atoms with van der Waals surface area (Å²) >= 11 is 6.31. The van der Waals surface area contributed by atoms with E-state index in [-0.39, 0.29) is 41.7 Å². The number of amides is 2. The van der Waals surface area contributed by atoms with Crippen molar-refractivity contribution in [2.75, 3.05) is 30.4 Å². The highest BCUT2D eigenvalue weighted by Gasteiger charge is 2.70. The zero-order chi connectivity index (χ0) is 32.5. The van der Waals surface area contributed by atoms with Crippen molar-refractivity contribution in [3.05, 3.63) is 97.8 Å². The number of piperidine rings is 1. The third-order valence-electron chi connectivity index (χ3n) is 9.78. The first-order valence-corrected chi connectivity index (χ1v) is 15.2. The first-order valence-electron chi connectivity index (χ1n) is 14.9. The number of hydrogen-bond donors (Lipinski definition) is 1. The van der Waals surface area contributed by atoms with Gasteiger partial charge in [0, 0.05) is 42.4 Å². The Labute approximate surface area is 275 Å². The van der Waals surface area contributed by atoms with Gasteiger partial charge in [-0.2, -0.15) is 5.26 Å². The second-order valence-corrected chi connectivity index (χ2v) is 12.5. The van der Waals surface area contributed by atoms with Gasteiger partial charge in [-0.05, 0) is 61.1 Å². The number of nitro benzene ring substituents is 1. The molecule has 0 aromatic heterocycles. The number of fused-ring (bicyclic) bond motifs is 3. The van der Waals surface area contributed by atoms with Gasteiger partial charge < -0.3 is 15.0 Å². The molecule has 47 heavy (non-hydrogen) atoms. The van der Waals surface area contributed by atoms with Gasteiger partial charge in [0.05, 0.1) is 40.2 Å². The Hall–Kier alpha value is -4.86. The molecule has 3 aliphatic heterocycles. The molecule has 1 N–H and O–H groups in total. The predicted molar refractivity (Wildman–Crippen MR) is 170 cm³/mol. The number of carbonyl (C=O) groups excluding carboxylic acids is 3. The Bertz CT molecular complexity index is 1890. The molecule has 0 bridgehead atoms. The maximum absolute atomic E-state index is 16.2. The van der Waals surface area contributed by atoms with Crippen molar-refractivity contribution in [2.45, 2.75) is 44.2 Å². The average Bonchev–Trinajstić information content (AvgIpc) is 3.77. The third kappa shape index (κ3) is 4.75. The lowest BCUT2D eigenvalue weighted by Crippen LogP contribution is -2.54. The second-order valence-electron chi connectivity index (χ2n) is 12.1. The van der Waals surface area contributed by atoms with Gasteiger partial charge in [0.1, 0.15) is 17.0 Å². The quantitative estimate of drug-likeness (QED) is 0.200. The van der Waals surface area contributed by atoms with E-state index in [1.54, 1.807) is 24.3 Å². The fourth-order valence-corrected chi connectivity index (χ4v) is 7.89. The number of esters is 1. The topological polar surface area (TPSA) is 146 Å². The molecule has 3 aromatic carbocycles. The molecule has 3 heterocycles. The number of nitro groups is 1. The van der Waals surface area contributed by atoms with Crippen molar-refractivity contribution >= 4 is 46.4 Å². The van der Waals surface area contributed by atoms with Crippen LogP contribution in [0.1, 0.15) is 59.7 Å². The van der Waals surface area contributed by atoms with E-state index in [2.05, 4.69) is 11.4 Å². The number of hydrogen-bond acceptors (Lipinski definition) is 8. The highest BCUT2D eigenvalue weighted by atomic mass is 35.5. The van der Waals surface area contributed by atoms with E-state index in [0.29, 0.717) is 29.8 Å². The van der Waals surface area contributed by atoms with Crippen LogP contribution >= 0.6 is 11.6 Å². The molecular formula is C34H31ClFN5O6. The predicted octanol–water partition coefficient (Wildman–Crippen LogP) is 5.76. The van der Waals surface area contributed by atoms with E-state index >= 15 is 4.39 Å². The summed E-state index contributed by atoms with van der Waals surface area (Å²) in [5.41, 5.74) is -0.705. The van der Waals surface area contributed by atoms with Crippen molar-refractivity contribution in [1.82, 2.24) is 4.90 Å². The lowest BCUT2D eigenvalue weighted by Gasteiger charge is -2.40. The van der Waals surface area contributed by atoms with Gasteiger partial charge >= 0.3 is 5.97 Å². The van der Waals surface area contributed by atoms with Crippen molar-refractivity contribution in [2.24, 2.45) is 11.8 Å². The minimum Gasteiger partial charge on any atom is -0.465 e. The van der Waals surface area contributed by atoms with Crippen molar-refractivity contribution in [1.29, 1.82) is 5.26 Å². The molecule has 2 amide bonds. The molecular weight excluding hydrogens is 629 g/mol. The molecule has 13 heteroatoms. The smallest absolute Gasteiger partial charge is 0.338 e. The first-order chi connectivity index (χ1) is 22.1. The van der Waals surface area contributed by atoms with Crippen LogP contribution in [0.25, 0.3) is 0 Å². The molecule has 4 atom stereocenters. The standard InChI is InChI=1S/C33H27ClFN5O6.CH4/c1-46-31(42)19-8-10-24(26(14-19)40(44)45)38-12-11-25-27(30(38)41)28(20-3-2-4-22(34)29(20)35)33(39(25)16-17-5-6-17)21-9-7-18(15-36)13-23(21)37-32(33)43;/h2-4,7-10,13-14,17,25,27-28H,5-6,11-12,16H2,1H3,(H,37,43);1H4/t25-,27+,28-,33+;/m0./s1. The zero-order valence-electron chi connectivity index (χ0n) is 24.5. The summed E-state index contributed by atoms with van der Waals surface area (Å²) in [5.74, 6) is -4.29. The summed E-state index contributed by atoms with van der Waals surface area (Å²) in [4.78, 5) is 56.3. The van der Waals surface area contributed by atoms with Crippen LogP contribution in [0.5, 0.6) is 0 Å². The van der Waals surface area contributed by atoms with Crippen LogP contribution in [-0.2, 0) is 19.9 Å². The Balaban J connectivity index is 0.00000386. The van der Waals surface area contributed by atoms with E-state index in [9.17, 15) is 29.8 Å². The molecule has 1 saturated carbocycles. The Morgan fingerprint density at radius 3 is 2.64 bits per heavy atom. The highest BCUT2D eigenvalue weighted by Crippen LogP contribution is 2.62. The Morgan fingerprint density at radius 2 is 1.96 bits per heavy atom. The van der Waals surface area contributed by atoms with Crippen molar-refractivity contribution in [3.63, 3.8) is 0 Å². The normalized spacial score (nSPS) is 24.6. The summed E-state index contributed by atoms with van der Waals surface area (Å²) < 4.78 is 20.9. The molecule has 3 fully saturated rings. The van der Waals surface area contributed by atoms with Gasteiger partial charge in [-0.15, -0.1) is 0 Å². The number of likely N-dealkylation sites (tertiary alicyclic amines) is 1. The molecule has 1 spiro atoms. The van der Waals surface area contributed by atoms with Crippen molar-refractivity contribution in [3.8, 4) is 6.07 Å². The summed E-state index contributed by atoms with van der Waals surface area (Å²) in [5, 5.41) is 24.5. The van der Waals surface area contributed by atoms with Crippen LogP contribution in [0, 0.1) is 39.1 Å². The minimum atomic E-state index is -1.53. The number of nitrogens with zero attached hydrogens (tertiary/aromatic N) is 4. The summed E-state index contributed by atoms with van der Waals surface area (Å²) in [6.45, 7) is 0.566. The van der Waals surface area contributed by atoms with Gasteiger partial charge in [-0.3, -0.25) is 24.6 Å². The molecule has 0 unspecified atom stereocenters. The number of methoxy groups -OCH3 is 1. The molecule has 1 aliphatic carbocycles. The fraction of sp³-hybridized carbons (Fsp3) is 0.353. The molecule has 3 aromatic rings. The summed E-state index contributed by atoms with van der Waals surface area (Å²) in [6.07, 6.45) is 2.22. The van der Waals surface area contributed by atoms with Crippen LogP contribution in [-0.4, -0.2) is 53.8 Å². The van der Waals surface area contributed by atoms with E-state index in [4.69, 9.17) is 16.3 Å².